The molecule has 0 saturated carbocycles. The van der Waals surface area contributed by atoms with E-state index in [1.54, 1.807) is 0 Å². The first-order chi connectivity index (χ1) is 8.75. The maximum Gasteiger partial charge on any atom is 0.223 e. The summed E-state index contributed by atoms with van der Waals surface area (Å²) in [5, 5.41) is 3.31. The molecule has 1 amide bonds. The number of carbonyl (C=O) groups excluding carboxylic acids is 1. The van der Waals surface area contributed by atoms with Crippen LogP contribution in [0.2, 0.25) is 0 Å². The van der Waals surface area contributed by atoms with Gasteiger partial charge in [-0.2, -0.15) is 0 Å². The molecule has 104 valence electrons. The van der Waals surface area contributed by atoms with Crippen molar-refractivity contribution in [2.45, 2.75) is 25.3 Å². The maximum absolute atomic E-state index is 12.1. The molecule has 0 aromatic carbocycles. The first kappa shape index (κ1) is 13.8. The van der Waals surface area contributed by atoms with E-state index < -0.39 is 0 Å². The molecule has 2 unspecified atom stereocenters. The second-order valence-corrected chi connectivity index (χ2v) is 5.29. The van der Waals surface area contributed by atoms with Crippen molar-refractivity contribution in [1.82, 2.24) is 10.2 Å². The summed E-state index contributed by atoms with van der Waals surface area (Å²) in [5.41, 5.74) is 0. The quantitative estimate of drug-likeness (QED) is 0.783. The summed E-state index contributed by atoms with van der Waals surface area (Å²) in [6, 6.07) is 0.177. The van der Waals surface area contributed by atoms with Crippen LogP contribution in [-0.2, 0) is 14.3 Å². The first-order valence-electron chi connectivity index (χ1n) is 6.88. The fourth-order valence-corrected chi connectivity index (χ4v) is 2.56. The van der Waals surface area contributed by atoms with Gasteiger partial charge in [-0.1, -0.05) is 0 Å². The van der Waals surface area contributed by atoms with Gasteiger partial charge in [0.15, 0.2) is 0 Å². The lowest BCUT2D eigenvalue weighted by Gasteiger charge is -2.29. The molecule has 2 atom stereocenters. The highest BCUT2D eigenvalue weighted by molar-refractivity contribution is 5.76. The Morgan fingerprint density at radius 3 is 2.83 bits per heavy atom. The van der Waals surface area contributed by atoms with Gasteiger partial charge in [0.1, 0.15) is 0 Å². The molecule has 2 heterocycles. The van der Waals surface area contributed by atoms with Crippen LogP contribution in [0.4, 0.5) is 0 Å². The molecular weight excluding hydrogens is 232 g/mol. The Balaban J connectivity index is 1.69. The molecule has 0 bridgehead atoms. The third-order valence-corrected chi connectivity index (χ3v) is 3.63. The van der Waals surface area contributed by atoms with Crippen LogP contribution in [-0.4, -0.2) is 63.4 Å². The zero-order valence-electron chi connectivity index (χ0n) is 11.2. The molecule has 0 spiro atoms. The minimum atomic E-state index is 0.177. The molecule has 0 radical (unpaired) electrons. The Hall–Kier alpha value is -0.650. The topological polar surface area (TPSA) is 50.8 Å². The molecule has 18 heavy (non-hydrogen) atoms. The van der Waals surface area contributed by atoms with Crippen molar-refractivity contribution >= 4 is 5.91 Å². The molecule has 2 aliphatic heterocycles. The number of nitrogens with zero attached hydrogens (tertiary/aromatic N) is 1. The van der Waals surface area contributed by atoms with Crippen LogP contribution in [0.5, 0.6) is 0 Å². The largest absolute Gasteiger partial charge is 0.381 e. The van der Waals surface area contributed by atoms with E-state index in [9.17, 15) is 4.79 Å². The summed E-state index contributed by atoms with van der Waals surface area (Å²) in [7, 11) is 1.89. The average Bonchev–Trinajstić information content (AvgIpc) is 2.41. The molecule has 0 aromatic heterocycles. The van der Waals surface area contributed by atoms with Crippen LogP contribution in [0.3, 0.4) is 0 Å². The lowest BCUT2D eigenvalue weighted by Crippen LogP contribution is -2.45. The number of carbonyl (C=O) groups is 1. The summed E-state index contributed by atoms with van der Waals surface area (Å²) in [4.78, 5) is 13.9. The van der Waals surface area contributed by atoms with Gasteiger partial charge in [-0.25, -0.2) is 0 Å². The van der Waals surface area contributed by atoms with Gasteiger partial charge in [0.25, 0.3) is 0 Å². The van der Waals surface area contributed by atoms with Crippen LogP contribution in [0.25, 0.3) is 0 Å². The predicted octanol–water partition coefficient (Wildman–Crippen LogP) is 0.250. The van der Waals surface area contributed by atoms with Crippen molar-refractivity contribution in [1.29, 1.82) is 0 Å². The molecule has 5 heteroatoms. The number of amides is 1. The van der Waals surface area contributed by atoms with Crippen LogP contribution >= 0.6 is 0 Å². The van der Waals surface area contributed by atoms with E-state index in [1.807, 2.05) is 11.9 Å². The van der Waals surface area contributed by atoms with Gasteiger partial charge >= 0.3 is 0 Å². The van der Waals surface area contributed by atoms with E-state index in [4.69, 9.17) is 9.47 Å². The Morgan fingerprint density at radius 2 is 2.17 bits per heavy atom. The monoisotopic (exact) mass is 256 g/mol. The van der Waals surface area contributed by atoms with Crippen LogP contribution in [0.1, 0.15) is 19.3 Å². The van der Waals surface area contributed by atoms with Gasteiger partial charge in [0.05, 0.1) is 19.8 Å². The standard InChI is InChI=1S/C13H24N2O3/c1-15(8-11-3-2-5-17-9-11)13(16)7-12-10-18-6-4-14-12/h11-12,14H,2-10H2,1H3. The van der Waals surface area contributed by atoms with E-state index in [1.165, 1.54) is 6.42 Å². The van der Waals surface area contributed by atoms with E-state index >= 15 is 0 Å². The minimum Gasteiger partial charge on any atom is -0.381 e. The van der Waals surface area contributed by atoms with Gasteiger partial charge in [0.2, 0.25) is 5.91 Å². The summed E-state index contributed by atoms with van der Waals surface area (Å²) in [5.74, 6) is 0.701. The average molecular weight is 256 g/mol. The predicted molar refractivity (Wildman–Crippen MR) is 68.4 cm³/mol. The number of rotatable bonds is 4. The third-order valence-electron chi connectivity index (χ3n) is 3.63. The van der Waals surface area contributed by atoms with E-state index in [0.717, 1.165) is 39.3 Å². The van der Waals surface area contributed by atoms with E-state index in [0.29, 0.717) is 18.9 Å². The van der Waals surface area contributed by atoms with Gasteiger partial charge in [-0.15, -0.1) is 0 Å². The zero-order valence-corrected chi connectivity index (χ0v) is 11.2. The van der Waals surface area contributed by atoms with Crippen molar-refractivity contribution in [2.24, 2.45) is 5.92 Å². The normalized spacial score (nSPS) is 28.9. The highest BCUT2D eigenvalue weighted by Crippen LogP contribution is 2.15. The first-order valence-corrected chi connectivity index (χ1v) is 6.88. The van der Waals surface area contributed by atoms with E-state index in [2.05, 4.69) is 5.32 Å². The van der Waals surface area contributed by atoms with Crippen molar-refractivity contribution < 1.29 is 14.3 Å². The van der Waals surface area contributed by atoms with Crippen LogP contribution in [0.15, 0.2) is 0 Å². The molecular formula is C13H24N2O3. The lowest BCUT2D eigenvalue weighted by molar-refractivity contribution is -0.132. The Morgan fingerprint density at radius 1 is 1.33 bits per heavy atom. The Labute approximate surface area is 109 Å². The fraction of sp³-hybridized carbons (Fsp3) is 0.923. The molecule has 2 fully saturated rings. The number of hydrogen-bond donors (Lipinski definition) is 1. The van der Waals surface area contributed by atoms with Crippen molar-refractivity contribution in [2.75, 3.05) is 46.6 Å². The van der Waals surface area contributed by atoms with Gasteiger partial charge in [-0.3, -0.25) is 4.79 Å². The second-order valence-electron chi connectivity index (χ2n) is 5.29. The van der Waals surface area contributed by atoms with Gasteiger partial charge in [-0.05, 0) is 18.8 Å². The highest BCUT2D eigenvalue weighted by Gasteiger charge is 2.22. The van der Waals surface area contributed by atoms with Crippen LogP contribution in [0, 0.1) is 5.92 Å². The molecule has 0 aliphatic carbocycles. The second kappa shape index (κ2) is 7.07. The van der Waals surface area contributed by atoms with Gasteiger partial charge in [0, 0.05) is 39.2 Å². The summed E-state index contributed by atoms with van der Waals surface area (Å²) >= 11 is 0. The smallest absolute Gasteiger partial charge is 0.223 e. The number of nitrogens with one attached hydrogen (secondary N) is 1. The maximum atomic E-state index is 12.1. The van der Waals surface area contributed by atoms with Gasteiger partial charge < -0.3 is 19.7 Å². The van der Waals surface area contributed by atoms with Crippen molar-refractivity contribution in [3.05, 3.63) is 0 Å². The minimum absolute atomic E-state index is 0.177. The number of hydrogen-bond acceptors (Lipinski definition) is 4. The molecule has 2 rings (SSSR count). The SMILES string of the molecule is CN(CC1CCCOC1)C(=O)CC1COCCN1. The molecule has 1 N–H and O–H groups in total. The van der Waals surface area contributed by atoms with Crippen LogP contribution < -0.4 is 5.32 Å². The number of morpholine rings is 1. The van der Waals surface area contributed by atoms with Crippen molar-refractivity contribution in [3.63, 3.8) is 0 Å². The van der Waals surface area contributed by atoms with Crippen molar-refractivity contribution in [3.8, 4) is 0 Å². The summed E-state index contributed by atoms with van der Waals surface area (Å²) in [6.45, 7) is 4.72. The van der Waals surface area contributed by atoms with E-state index in [-0.39, 0.29) is 11.9 Å². The third kappa shape index (κ3) is 4.23. The summed E-state index contributed by atoms with van der Waals surface area (Å²) < 4.78 is 10.8. The highest BCUT2D eigenvalue weighted by atomic mass is 16.5. The lowest BCUT2D eigenvalue weighted by atomic mass is 10.0. The summed E-state index contributed by atoms with van der Waals surface area (Å²) in [6.07, 6.45) is 2.82. The number of ether oxygens (including phenoxy) is 2. The fourth-order valence-electron chi connectivity index (χ4n) is 2.56. The molecule has 2 aliphatic rings. The molecule has 2 saturated heterocycles. The molecule has 5 nitrogen and oxygen atoms in total. The Kier molecular flexibility index (Phi) is 5.41. The zero-order chi connectivity index (χ0) is 12.8. The molecule has 0 aromatic rings. The Bertz CT molecular complexity index is 261.